The molecule has 0 saturated heterocycles. The minimum Gasteiger partial charge on any atom is -0.424 e. The Balaban J connectivity index is 1.64. The van der Waals surface area contributed by atoms with Crippen LogP contribution in [0.4, 0.5) is 0 Å². The van der Waals surface area contributed by atoms with Crippen molar-refractivity contribution in [3.63, 3.8) is 0 Å². The Kier molecular flexibility index (Phi) is 1.91. The Labute approximate surface area is 98.7 Å². The van der Waals surface area contributed by atoms with Gasteiger partial charge in [0, 0.05) is 29.5 Å². The number of hydrogen-bond donors (Lipinski definition) is 0. The maximum Gasteiger partial charge on any atom is 0.221 e. The molecular weight excluding hydrogens is 287 g/mol. The lowest BCUT2D eigenvalue weighted by Crippen LogP contribution is -2.26. The van der Waals surface area contributed by atoms with E-state index in [-0.39, 0.29) is 3.61 Å². The SMILES string of the molecule is C[OH+][C@@](C)(I)C1C=C1C1C2C=CCC21. The second-order valence-corrected chi connectivity index (χ2v) is 7.01. The predicted octanol–water partition coefficient (Wildman–Crippen LogP) is 2.67. The fourth-order valence-electron chi connectivity index (χ4n) is 2.89. The summed E-state index contributed by atoms with van der Waals surface area (Å²) in [7, 11) is 1.93. The van der Waals surface area contributed by atoms with Crippen LogP contribution < -0.4 is 0 Å². The normalized spacial score (nSPS) is 46.9. The molecule has 76 valence electrons. The summed E-state index contributed by atoms with van der Waals surface area (Å²) in [5.41, 5.74) is 1.70. The zero-order valence-corrected chi connectivity index (χ0v) is 10.7. The van der Waals surface area contributed by atoms with Gasteiger partial charge in [-0.05, 0) is 24.2 Å². The third kappa shape index (κ3) is 1.23. The van der Waals surface area contributed by atoms with E-state index in [1.165, 1.54) is 6.42 Å². The number of ether oxygens (including phenoxy) is 1. The third-order valence-corrected chi connectivity index (χ3v) is 5.15. The van der Waals surface area contributed by atoms with Crippen LogP contribution in [0.2, 0.25) is 0 Å². The van der Waals surface area contributed by atoms with Gasteiger partial charge < -0.3 is 4.74 Å². The van der Waals surface area contributed by atoms with Gasteiger partial charge in [0.2, 0.25) is 3.61 Å². The van der Waals surface area contributed by atoms with Gasteiger partial charge in [-0.15, -0.1) is 0 Å². The van der Waals surface area contributed by atoms with Crippen molar-refractivity contribution in [3.05, 3.63) is 23.8 Å². The van der Waals surface area contributed by atoms with Gasteiger partial charge in [0.25, 0.3) is 0 Å². The van der Waals surface area contributed by atoms with Crippen LogP contribution in [-0.2, 0) is 0 Å². The highest BCUT2D eigenvalue weighted by Crippen LogP contribution is 2.64. The van der Waals surface area contributed by atoms with Gasteiger partial charge in [-0.3, -0.25) is 0 Å². The molecule has 0 heterocycles. The van der Waals surface area contributed by atoms with Crippen molar-refractivity contribution in [2.45, 2.75) is 17.0 Å². The molecule has 1 N–H and O–H groups in total. The molecule has 0 radical (unpaired) electrons. The largest absolute Gasteiger partial charge is 0.424 e. The quantitative estimate of drug-likeness (QED) is 0.329. The topological polar surface area (TPSA) is 12.8 Å². The van der Waals surface area contributed by atoms with Crippen molar-refractivity contribution in [1.82, 2.24) is 0 Å². The van der Waals surface area contributed by atoms with Crippen LogP contribution in [0, 0.1) is 23.7 Å². The molecule has 5 atom stereocenters. The maximum absolute atomic E-state index is 4.45. The molecule has 0 aliphatic heterocycles. The standard InChI is InChI=1S/C12H15IO/c1-12(13,14-2)10-6-9(10)11-7-4-3-5-8(7)11/h3-4,6-8,10-11H,5H2,1-2H3/p+1/t7?,8?,10?,11?,12-/m1/s1. The van der Waals surface area contributed by atoms with E-state index in [0.717, 1.165) is 17.8 Å². The summed E-state index contributed by atoms with van der Waals surface area (Å²) in [6.45, 7) is 2.23. The lowest BCUT2D eigenvalue weighted by atomic mass is 10.1. The van der Waals surface area contributed by atoms with Crippen molar-refractivity contribution in [2.75, 3.05) is 7.11 Å². The zero-order chi connectivity index (χ0) is 9.92. The first-order valence-corrected chi connectivity index (χ1v) is 6.41. The molecule has 1 nitrogen and oxygen atoms in total. The monoisotopic (exact) mass is 303 g/mol. The second-order valence-electron chi connectivity index (χ2n) is 4.82. The van der Waals surface area contributed by atoms with Gasteiger partial charge in [-0.2, -0.15) is 0 Å². The fraction of sp³-hybridized carbons (Fsp3) is 0.667. The smallest absolute Gasteiger partial charge is 0.221 e. The Morgan fingerprint density at radius 3 is 2.93 bits per heavy atom. The molecule has 0 aromatic carbocycles. The number of alkyl halides is 1. The predicted molar refractivity (Wildman–Crippen MR) is 66.4 cm³/mol. The van der Waals surface area contributed by atoms with Crippen LogP contribution >= 0.6 is 22.6 Å². The van der Waals surface area contributed by atoms with Crippen LogP contribution in [0.3, 0.4) is 0 Å². The van der Waals surface area contributed by atoms with E-state index < -0.39 is 0 Å². The highest BCUT2D eigenvalue weighted by molar-refractivity contribution is 14.1. The molecule has 2 heteroatoms. The van der Waals surface area contributed by atoms with E-state index in [1.54, 1.807) is 5.57 Å². The number of halogens is 1. The number of rotatable bonds is 3. The summed E-state index contributed by atoms with van der Waals surface area (Å²) >= 11 is 2.48. The van der Waals surface area contributed by atoms with Gasteiger partial charge in [0.05, 0.1) is 5.92 Å². The lowest BCUT2D eigenvalue weighted by Gasteiger charge is -2.17. The Hall–Kier alpha value is 0.170. The van der Waals surface area contributed by atoms with Gasteiger partial charge in [0.1, 0.15) is 7.11 Å². The lowest BCUT2D eigenvalue weighted by molar-refractivity contribution is -0.0714. The van der Waals surface area contributed by atoms with E-state index in [1.807, 2.05) is 7.11 Å². The van der Waals surface area contributed by atoms with Crippen LogP contribution in [-0.4, -0.2) is 15.5 Å². The summed E-state index contributed by atoms with van der Waals surface area (Å²) < 4.78 is 4.57. The number of fused-ring (bicyclic) bond motifs is 1. The molecule has 14 heavy (non-hydrogen) atoms. The number of allylic oxidation sites excluding steroid dienone is 2. The average Bonchev–Trinajstić information content (AvgIpc) is 3.02. The van der Waals surface area contributed by atoms with Crippen LogP contribution in [0.25, 0.3) is 0 Å². The summed E-state index contributed by atoms with van der Waals surface area (Å²) in [5.74, 6) is 3.43. The summed E-state index contributed by atoms with van der Waals surface area (Å²) in [4.78, 5) is 0. The minimum atomic E-state index is 0.119. The van der Waals surface area contributed by atoms with Crippen molar-refractivity contribution >= 4 is 22.6 Å². The Bertz CT molecular complexity index is 329. The highest BCUT2D eigenvalue weighted by atomic mass is 127. The van der Waals surface area contributed by atoms with E-state index in [4.69, 9.17) is 0 Å². The van der Waals surface area contributed by atoms with E-state index >= 15 is 0 Å². The molecule has 1 fully saturated rings. The molecule has 0 aromatic rings. The first-order valence-electron chi connectivity index (χ1n) is 5.33. The molecule has 3 aliphatic rings. The van der Waals surface area contributed by atoms with Gasteiger partial charge >= 0.3 is 0 Å². The van der Waals surface area contributed by atoms with Gasteiger partial charge in [-0.25, -0.2) is 0 Å². The fourth-order valence-corrected chi connectivity index (χ4v) is 3.43. The van der Waals surface area contributed by atoms with Crippen LogP contribution in [0.5, 0.6) is 0 Å². The number of aliphatic hydroxyl groups is 2. The van der Waals surface area contributed by atoms with Gasteiger partial charge in [0.15, 0.2) is 0 Å². The minimum absolute atomic E-state index is 0.119. The van der Waals surface area contributed by atoms with Crippen LogP contribution in [0.1, 0.15) is 13.3 Å². The molecular formula is C12H16IO+. The summed E-state index contributed by atoms with van der Waals surface area (Å²) in [5, 5.41) is 0. The maximum atomic E-state index is 4.45. The van der Waals surface area contributed by atoms with Crippen molar-refractivity contribution in [2.24, 2.45) is 23.7 Å². The van der Waals surface area contributed by atoms with E-state index in [2.05, 4.69) is 52.5 Å². The molecule has 1 saturated carbocycles. The van der Waals surface area contributed by atoms with Crippen molar-refractivity contribution in [3.8, 4) is 0 Å². The molecule has 4 unspecified atom stereocenters. The average molecular weight is 303 g/mol. The third-order valence-electron chi connectivity index (χ3n) is 3.99. The number of hydrogen-bond acceptors (Lipinski definition) is 0. The first kappa shape index (κ1) is 9.40. The second kappa shape index (κ2) is 2.85. The molecule has 0 amide bonds. The molecule has 0 spiro atoms. The zero-order valence-electron chi connectivity index (χ0n) is 8.57. The molecule has 0 bridgehead atoms. The van der Waals surface area contributed by atoms with Crippen molar-refractivity contribution < 1.29 is 4.74 Å². The highest BCUT2D eigenvalue weighted by Gasteiger charge is 2.59. The Morgan fingerprint density at radius 1 is 1.57 bits per heavy atom. The van der Waals surface area contributed by atoms with E-state index in [9.17, 15) is 0 Å². The molecule has 0 aromatic heterocycles. The van der Waals surface area contributed by atoms with Gasteiger partial charge in [-0.1, -0.05) is 23.8 Å². The summed E-state index contributed by atoms with van der Waals surface area (Å²) in [6, 6.07) is 0. The Morgan fingerprint density at radius 2 is 2.36 bits per heavy atom. The molecule has 3 rings (SSSR count). The van der Waals surface area contributed by atoms with Crippen molar-refractivity contribution in [1.29, 1.82) is 0 Å². The molecule has 3 aliphatic carbocycles. The first-order chi connectivity index (χ1) is 6.65. The van der Waals surface area contributed by atoms with Crippen LogP contribution in [0.15, 0.2) is 23.8 Å². The van der Waals surface area contributed by atoms with E-state index in [0.29, 0.717) is 5.92 Å². The summed E-state index contributed by atoms with van der Waals surface area (Å²) in [6.07, 6.45) is 8.52.